The van der Waals surface area contributed by atoms with Crippen LogP contribution in [0.4, 0.5) is 0 Å². The van der Waals surface area contributed by atoms with E-state index < -0.39 is 42.6 Å². The Kier molecular flexibility index (Phi) is 12.1. The molecule has 0 radical (unpaired) electrons. The molecule has 0 bridgehead atoms. The van der Waals surface area contributed by atoms with Crippen molar-refractivity contribution in [3.05, 3.63) is 0 Å². The van der Waals surface area contributed by atoms with E-state index in [1.54, 1.807) is 0 Å². The van der Waals surface area contributed by atoms with Crippen molar-refractivity contribution in [1.82, 2.24) is 0 Å². The van der Waals surface area contributed by atoms with Gasteiger partial charge in [0.2, 0.25) is 0 Å². The molecule has 0 aliphatic rings. The van der Waals surface area contributed by atoms with E-state index >= 15 is 0 Å². The van der Waals surface area contributed by atoms with Crippen molar-refractivity contribution in [2.24, 2.45) is 5.92 Å². The van der Waals surface area contributed by atoms with Gasteiger partial charge in [0.05, 0.1) is 0 Å². The van der Waals surface area contributed by atoms with Gasteiger partial charge >= 0.3 is 108 Å². The summed E-state index contributed by atoms with van der Waals surface area (Å²) in [5.41, 5.74) is 0. The van der Waals surface area contributed by atoms with Crippen molar-refractivity contribution in [3.8, 4) is 0 Å². The zero-order valence-corrected chi connectivity index (χ0v) is 17.2. The van der Waals surface area contributed by atoms with Crippen molar-refractivity contribution in [2.75, 3.05) is 13.2 Å². The molecule has 1 unspecified atom stereocenters. The van der Waals surface area contributed by atoms with Gasteiger partial charge < -0.3 is 0 Å². The van der Waals surface area contributed by atoms with Crippen LogP contribution in [0.2, 0.25) is 4.44 Å². The summed E-state index contributed by atoms with van der Waals surface area (Å²) in [4.78, 5) is 0. The van der Waals surface area contributed by atoms with Crippen LogP contribution in [-0.2, 0) is 7.56 Å². The third-order valence-electron chi connectivity index (χ3n) is 1.87. The fourth-order valence-electron chi connectivity index (χ4n) is 1.08. The van der Waals surface area contributed by atoms with Crippen LogP contribution in [0.3, 0.4) is 0 Å². The van der Waals surface area contributed by atoms with E-state index in [2.05, 4.69) is 20.8 Å². The maximum atomic E-state index is 5.85. The molecule has 0 rings (SSSR count). The van der Waals surface area contributed by atoms with Crippen LogP contribution in [0.15, 0.2) is 0 Å². The predicted octanol–water partition coefficient (Wildman–Crippen LogP) is 1.34. The molecule has 5 heteroatoms. The van der Waals surface area contributed by atoms with E-state index in [0.717, 1.165) is 19.1 Å². The third-order valence-corrected chi connectivity index (χ3v) is 19.0. The monoisotopic (exact) mass is 420 g/mol. The van der Waals surface area contributed by atoms with Crippen LogP contribution in [-0.4, -0.2) is 55.8 Å². The molecule has 3 nitrogen and oxygen atoms in total. The summed E-state index contributed by atoms with van der Waals surface area (Å²) in [6, 6.07) is 0. The number of hydrogen-bond acceptors (Lipinski definition) is 3. The molecule has 0 amide bonds. The first kappa shape index (κ1) is 15.5. The second-order valence-corrected chi connectivity index (χ2v) is 17.9. The Morgan fingerprint density at radius 1 is 1.21 bits per heavy atom. The van der Waals surface area contributed by atoms with E-state index in [1.807, 2.05) is 6.92 Å². The first-order chi connectivity index (χ1) is 6.70. The van der Waals surface area contributed by atoms with Crippen molar-refractivity contribution < 1.29 is 7.56 Å². The van der Waals surface area contributed by atoms with Crippen molar-refractivity contribution in [2.45, 2.75) is 38.6 Å². The minimum atomic E-state index is -2.04. The van der Waals surface area contributed by atoms with Crippen LogP contribution in [0.25, 0.3) is 0 Å². The molecule has 1 atom stereocenters. The van der Waals surface area contributed by atoms with Gasteiger partial charge in [-0.3, -0.25) is 0 Å². The first-order valence-electron chi connectivity index (χ1n) is 5.51. The first-order valence-corrected chi connectivity index (χ1v) is 13.8. The van der Waals surface area contributed by atoms with Gasteiger partial charge in [-0.2, -0.15) is 0 Å². The molecule has 0 aromatic heterocycles. The van der Waals surface area contributed by atoms with Gasteiger partial charge in [0.25, 0.3) is 0 Å². The molecule has 0 heterocycles. The van der Waals surface area contributed by atoms with Gasteiger partial charge in [0.1, 0.15) is 0 Å². The SMILES string of the molecule is CC[O][SnH2][O][SnH]([CH2]CC(C)C)[O]CC. The zero-order chi connectivity index (χ0) is 10.8. The predicted molar refractivity (Wildman–Crippen MR) is 64.3 cm³/mol. The Balaban J connectivity index is 3.54. The van der Waals surface area contributed by atoms with Crippen LogP contribution < -0.4 is 0 Å². The second-order valence-electron chi connectivity index (χ2n) is 3.63. The zero-order valence-electron chi connectivity index (χ0n) is 9.91. The van der Waals surface area contributed by atoms with Gasteiger partial charge in [-0.25, -0.2) is 0 Å². The maximum absolute atomic E-state index is 5.85. The molecule has 0 saturated heterocycles. The number of hydrogen-bond donors (Lipinski definition) is 0. The Morgan fingerprint density at radius 2 is 1.93 bits per heavy atom. The van der Waals surface area contributed by atoms with Crippen LogP contribution in [0.1, 0.15) is 34.1 Å². The second kappa shape index (κ2) is 11.0. The Hall–Kier alpha value is 1.48. The van der Waals surface area contributed by atoms with E-state index in [0.29, 0.717) is 0 Å². The van der Waals surface area contributed by atoms with Crippen LogP contribution >= 0.6 is 0 Å². The average molecular weight is 418 g/mol. The summed E-state index contributed by atoms with van der Waals surface area (Å²) >= 11 is -3.37. The normalized spacial score (nSPS) is 14.4. The van der Waals surface area contributed by atoms with Crippen molar-refractivity contribution >= 4 is 42.6 Å². The third kappa shape index (κ3) is 10.0. The molecule has 0 aliphatic heterocycles. The summed E-state index contributed by atoms with van der Waals surface area (Å²) in [6.45, 7) is 10.2. The molecule has 0 fully saturated rings. The fourth-order valence-corrected chi connectivity index (χ4v) is 17.0. The fraction of sp³-hybridized carbons (Fsp3) is 1.00. The Morgan fingerprint density at radius 3 is 2.43 bits per heavy atom. The summed E-state index contributed by atoms with van der Waals surface area (Å²) < 4.78 is 18.1. The van der Waals surface area contributed by atoms with E-state index in [9.17, 15) is 0 Å². The number of rotatable bonds is 9. The van der Waals surface area contributed by atoms with E-state index in [1.165, 1.54) is 10.9 Å². The van der Waals surface area contributed by atoms with E-state index in [4.69, 9.17) is 7.56 Å². The quantitative estimate of drug-likeness (QED) is 0.419. The van der Waals surface area contributed by atoms with Gasteiger partial charge in [0, 0.05) is 0 Å². The topological polar surface area (TPSA) is 27.7 Å². The van der Waals surface area contributed by atoms with Crippen LogP contribution in [0.5, 0.6) is 0 Å². The molecule has 0 aromatic carbocycles. The van der Waals surface area contributed by atoms with Gasteiger partial charge in [-0.15, -0.1) is 0 Å². The van der Waals surface area contributed by atoms with Crippen molar-refractivity contribution in [1.29, 1.82) is 0 Å². The molecular formula is C9H24O3Sn2. The van der Waals surface area contributed by atoms with E-state index in [-0.39, 0.29) is 0 Å². The molecular weight excluding hydrogens is 394 g/mol. The Labute approximate surface area is 107 Å². The summed E-state index contributed by atoms with van der Waals surface area (Å²) in [7, 11) is 0. The van der Waals surface area contributed by atoms with Crippen LogP contribution in [0, 0.1) is 5.92 Å². The summed E-state index contributed by atoms with van der Waals surface area (Å²) in [6.07, 6.45) is 1.25. The minimum absolute atomic E-state index is 0.764. The molecule has 0 N–H and O–H groups in total. The average Bonchev–Trinajstić information content (AvgIpc) is 2.14. The molecule has 0 aliphatic carbocycles. The van der Waals surface area contributed by atoms with Gasteiger partial charge in [0.15, 0.2) is 0 Å². The molecule has 0 spiro atoms. The van der Waals surface area contributed by atoms with Gasteiger partial charge in [-0.05, 0) is 0 Å². The summed E-state index contributed by atoms with van der Waals surface area (Å²) in [5.74, 6) is 0.764. The molecule has 86 valence electrons. The standard InChI is InChI=1S/C5H11.2C2H5O.O.2Sn.3H/c1-4-5(2)3;2*1-2-3;;;;;;/h5H,1,4H2,2-3H3;2*2H2,1H3;;;;;;/q;2*-1;;2*+1;;;. The molecule has 0 aromatic rings. The summed E-state index contributed by atoms with van der Waals surface area (Å²) in [5, 5.41) is 0. The molecule has 0 saturated carbocycles. The van der Waals surface area contributed by atoms with Crippen molar-refractivity contribution in [3.63, 3.8) is 0 Å². The molecule has 14 heavy (non-hydrogen) atoms. The Bertz CT molecular complexity index is 123. The van der Waals surface area contributed by atoms with Gasteiger partial charge in [-0.1, -0.05) is 0 Å².